The van der Waals surface area contributed by atoms with E-state index in [4.69, 9.17) is 4.74 Å². The van der Waals surface area contributed by atoms with Gasteiger partial charge >= 0.3 is 0 Å². The van der Waals surface area contributed by atoms with Crippen molar-refractivity contribution in [1.29, 1.82) is 5.26 Å². The number of nitriles is 1. The van der Waals surface area contributed by atoms with E-state index in [0.717, 1.165) is 11.3 Å². The molecule has 2 amide bonds. The molecule has 3 aliphatic rings. The summed E-state index contributed by atoms with van der Waals surface area (Å²) in [7, 11) is 0. The number of hydrogen-bond acceptors (Lipinski definition) is 6. The van der Waals surface area contributed by atoms with E-state index in [1.54, 1.807) is 12.1 Å². The van der Waals surface area contributed by atoms with Gasteiger partial charge in [-0.3, -0.25) is 19.7 Å². The molecule has 3 heterocycles. The first kappa shape index (κ1) is 16.7. The van der Waals surface area contributed by atoms with Crippen LogP contribution in [-0.2, 0) is 25.5 Å². The van der Waals surface area contributed by atoms with Crippen molar-refractivity contribution in [3.05, 3.63) is 29.3 Å². The van der Waals surface area contributed by atoms with Crippen molar-refractivity contribution < 1.29 is 19.1 Å². The smallest absolute Gasteiger partial charge is 0.242 e. The van der Waals surface area contributed by atoms with Crippen LogP contribution in [0.5, 0.6) is 0 Å². The van der Waals surface area contributed by atoms with Gasteiger partial charge in [0.05, 0.1) is 36.3 Å². The third kappa shape index (κ3) is 2.19. The largest absolute Gasteiger partial charge is 0.372 e. The zero-order valence-corrected chi connectivity index (χ0v) is 14.6. The number of anilines is 1. The van der Waals surface area contributed by atoms with Crippen molar-refractivity contribution in [2.45, 2.75) is 44.9 Å². The van der Waals surface area contributed by atoms with Crippen molar-refractivity contribution in [1.82, 2.24) is 5.32 Å². The molecule has 1 spiro atoms. The monoisotopic (exact) mass is 353 g/mol. The number of carbonyl (C=O) groups is 3. The Bertz CT molecular complexity index is 852. The van der Waals surface area contributed by atoms with Gasteiger partial charge < -0.3 is 9.64 Å². The highest BCUT2D eigenvalue weighted by molar-refractivity contribution is 6.22. The molecular formula is C19H19N3O4. The number of ketones is 1. The Morgan fingerprint density at radius 3 is 2.77 bits per heavy atom. The summed E-state index contributed by atoms with van der Waals surface area (Å²) in [5, 5.41) is 11.6. The van der Waals surface area contributed by atoms with Gasteiger partial charge in [0, 0.05) is 12.2 Å². The second kappa shape index (κ2) is 5.64. The Kier molecular flexibility index (Phi) is 3.63. The molecule has 1 N–H and O–H groups in total. The minimum Gasteiger partial charge on any atom is -0.372 e. The first-order valence-corrected chi connectivity index (χ1v) is 8.69. The van der Waals surface area contributed by atoms with E-state index in [9.17, 15) is 19.6 Å². The molecule has 0 aromatic heterocycles. The van der Waals surface area contributed by atoms with Gasteiger partial charge in [0.2, 0.25) is 11.8 Å². The molecule has 7 heteroatoms. The van der Waals surface area contributed by atoms with Gasteiger partial charge in [-0.15, -0.1) is 0 Å². The summed E-state index contributed by atoms with van der Waals surface area (Å²) < 4.78 is 5.96. The lowest BCUT2D eigenvalue weighted by molar-refractivity contribution is -0.158. The molecule has 4 atom stereocenters. The molecule has 1 aromatic rings. The third-order valence-corrected chi connectivity index (χ3v) is 5.65. The second-order valence-electron chi connectivity index (χ2n) is 7.33. The molecule has 0 unspecified atom stereocenters. The zero-order valence-electron chi connectivity index (χ0n) is 14.6. The maximum absolute atomic E-state index is 13.0. The average Bonchev–Trinajstić information content (AvgIpc) is 2.58. The molecule has 134 valence electrons. The number of ether oxygens (including phenoxy) is 1. The van der Waals surface area contributed by atoms with Crippen LogP contribution in [0.4, 0.5) is 5.69 Å². The van der Waals surface area contributed by atoms with Gasteiger partial charge in [0.1, 0.15) is 5.41 Å². The molecule has 2 saturated heterocycles. The SMILES string of the molecule is C[C@@H]1CN2c3ccc(C#N)cc3C[C@@]3(C(=O)CC(=O)NC3=O)[C@H]2[C@H](C)O1. The predicted molar refractivity (Wildman–Crippen MR) is 91.2 cm³/mol. The Morgan fingerprint density at radius 2 is 2.08 bits per heavy atom. The predicted octanol–water partition coefficient (Wildman–Crippen LogP) is 0.699. The lowest BCUT2D eigenvalue weighted by Gasteiger charge is -2.55. The number of rotatable bonds is 0. The first-order chi connectivity index (χ1) is 12.4. The number of piperidine rings is 1. The summed E-state index contributed by atoms with van der Waals surface area (Å²) in [5.74, 6) is -1.50. The van der Waals surface area contributed by atoms with Gasteiger partial charge in [-0.1, -0.05) is 0 Å². The summed E-state index contributed by atoms with van der Waals surface area (Å²) in [5.41, 5.74) is 0.791. The van der Waals surface area contributed by atoms with Crippen LogP contribution < -0.4 is 10.2 Å². The number of imide groups is 1. The van der Waals surface area contributed by atoms with Crippen molar-refractivity contribution in [2.24, 2.45) is 5.41 Å². The number of hydrogen-bond donors (Lipinski definition) is 1. The minimum absolute atomic E-state index is 0.0664. The van der Waals surface area contributed by atoms with E-state index in [1.165, 1.54) is 0 Å². The number of Topliss-reactive ketones (excluding diaryl/α,β-unsaturated/α-hetero) is 1. The Labute approximate surface area is 150 Å². The van der Waals surface area contributed by atoms with Crippen LogP contribution in [0.3, 0.4) is 0 Å². The molecule has 4 rings (SSSR count). The summed E-state index contributed by atoms with van der Waals surface area (Å²) in [4.78, 5) is 39.7. The number of nitrogens with one attached hydrogen (secondary N) is 1. The van der Waals surface area contributed by atoms with Crippen molar-refractivity contribution in [2.75, 3.05) is 11.4 Å². The summed E-state index contributed by atoms with van der Waals surface area (Å²) in [6, 6.07) is 6.96. The topological polar surface area (TPSA) is 99.5 Å². The van der Waals surface area contributed by atoms with Crippen molar-refractivity contribution >= 4 is 23.3 Å². The fraction of sp³-hybridized carbons (Fsp3) is 0.474. The maximum Gasteiger partial charge on any atom is 0.242 e. The molecule has 0 bridgehead atoms. The average molecular weight is 353 g/mol. The molecule has 0 radical (unpaired) electrons. The van der Waals surface area contributed by atoms with E-state index in [0.29, 0.717) is 12.1 Å². The van der Waals surface area contributed by atoms with E-state index in [1.807, 2.05) is 24.8 Å². The van der Waals surface area contributed by atoms with Crippen LogP contribution in [0, 0.1) is 16.7 Å². The molecular weight excluding hydrogens is 334 g/mol. The Morgan fingerprint density at radius 1 is 1.31 bits per heavy atom. The number of fused-ring (bicyclic) bond motifs is 4. The number of carbonyl (C=O) groups excluding carboxylic acids is 3. The molecule has 7 nitrogen and oxygen atoms in total. The molecule has 1 aromatic carbocycles. The second-order valence-corrected chi connectivity index (χ2v) is 7.33. The van der Waals surface area contributed by atoms with Gasteiger partial charge in [0.15, 0.2) is 5.78 Å². The molecule has 0 saturated carbocycles. The van der Waals surface area contributed by atoms with Crippen molar-refractivity contribution in [3.63, 3.8) is 0 Å². The molecule has 0 aliphatic carbocycles. The van der Waals surface area contributed by atoms with Crippen molar-refractivity contribution in [3.8, 4) is 6.07 Å². The Balaban J connectivity index is 1.92. The highest BCUT2D eigenvalue weighted by atomic mass is 16.5. The zero-order chi connectivity index (χ0) is 18.6. The normalized spacial score (nSPS) is 33.3. The van der Waals surface area contributed by atoms with Crippen LogP contribution in [0.15, 0.2) is 18.2 Å². The standard InChI is InChI=1S/C19H19N3O4/c1-10-9-22-14-4-3-12(8-20)5-13(14)7-19(17(22)11(2)26-10)15(23)6-16(24)21-18(19)25/h3-5,10-11,17H,6-7,9H2,1-2H3,(H,21,24,25)/t10-,11+,17-,19-/m1/s1. The quantitative estimate of drug-likeness (QED) is 0.544. The van der Waals surface area contributed by atoms with Crippen LogP contribution in [-0.4, -0.2) is 42.4 Å². The number of nitrogens with zero attached hydrogens (tertiary/aromatic N) is 2. The number of morpholine rings is 1. The van der Waals surface area contributed by atoms with E-state index in [-0.39, 0.29) is 30.8 Å². The fourth-order valence-corrected chi connectivity index (χ4v) is 4.72. The maximum atomic E-state index is 13.0. The molecule has 2 fully saturated rings. The fourth-order valence-electron chi connectivity index (χ4n) is 4.72. The summed E-state index contributed by atoms with van der Waals surface area (Å²) in [6.07, 6.45) is -0.571. The van der Waals surface area contributed by atoms with Gasteiger partial charge in [-0.2, -0.15) is 5.26 Å². The van der Waals surface area contributed by atoms with Crippen LogP contribution in [0.2, 0.25) is 0 Å². The molecule has 26 heavy (non-hydrogen) atoms. The van der Waals surface area contributed by atoms with Crippen LogP contribution in [0.1, 0.15) is 31.4 Å². The highest BCUT2D eigenvalue weighted by Crippen LogP contribution is 2.47. The van der Waals surface area contributed by atoms with E-state index in [2.05, 4.69) is 11.4 Å². The van der Waals surface area contributed by atoms with E-state index < -0.39 is 23.3 Å². The third-order valence-electron chi connectivity index (χ3n) is 5.65. The lowest BCUT2D eigenvalue weighted by Crippen LogP contribution is -2.72. The highest BCUT2D eigenvalue weighted by Gasteiger charge is 2.62. The summed E-state index contributed by atoms with van der Waals surface area (Å²) in [6.45, 7) is 4.34. The van der Waals surface area contributed by atoms with E-state index >= 15 is 0 Å². The Hall–Kier alpha value is -2.72. The number of amides is 2. The molecule has 3 aliphatic heterocycles. The van der Waals surface area contributed by atoms with Gasteiger partial charge in [0.25, 0.3) is 0 Å². The van der Waals surface area contributed by atoms with Crippen LogP contribution in [0.25, 0.3) is 0 Å². The minimum atomic E-state index is -1.38. The summed E-state index contributed by atoms with van der Waals surface area (Å²) >= 11 is 0. The van der Waals surface area contributed by atoms with Crippen LogP contribution >= 0.6 is 0 Å². The number of benzene rings is 1. The van der Waals surface area contributed by atoms with Gasteiger partial charge in [-0.25, -0.2) is 0 Å². The lowest BCUT2D eigenvalue weighted by atomic mass is 9.63. The first-order valence-electron chi connectivity index (χ1n) is 8.69. The van der Waals surface area contributed by atoms with Gasteiger partial charge in [-0.05, 0) is 44.0 Å².